The second-order valence-electron chi connectivity index (χ2n) is 5.04. The molecule has 0 spiro atoms. The normalized spacial score (nSPS) is 12.8. The molecule has 0 atom stereocenters. The molecule has 22 heavy (non-hydrogen) atoms. The number of halogens is 1. The first-order valence-electron chi connectivity index (χ1n) is 6.76. The summed E-state index contributed by atoms with van der Waals surface area (Å²) in [7, 11) is 0. The van der Waals surface area contributed by atoms with Crippen LogP contribution in [0.1, 0.15) is 11.4 Å². The lowest BCUT2D eigenvalue weighted by molar-refractivity contribution is 0.174. The molecule has 0 aliphatic carbocycles. The smallest absolute Gasteiger partial charge is 0.258 e. The van der Waals surface area contributed by atoms with Gasteiger partial charge in [0.2, 0.25) is 6.79 Å². The van der Waals surface area contributed by atoms with E-state index in [-0.39, 0.29) is 12.4 Å². The van der Waals surface area contributed by atoms with Crippen LogP contribution in [0.4, 0.5) is 0 Å². The van der Waals surface area contributed by atoms with Gasteiger partial charge in [-0.2, -0.15) is 0 Å². The van der Waals surface area contributed by atoms with Crippen LogP contribution in [0.5, 0.6) is 11.5 Å². The quantitative estimate of drug-likeness (QED) is 0.764. The summed E-state index contributed by atoms with van der Waals surface area (Å²) in [6.07, 6.45) is 0.526. The van der Waals surface area contributed by atoms with Crippen LogP contribution in [0.2, 0.25) is 0 Å². The maximum Gasteiger partial charge on any atom is 0.258 e. The molecule has 0 amide bonds. The van der Waals surface area contributed by atoms with Crippen molar-refractivity contribution in [2.75, 3.05) is 6.79 Å². The van der Waals surface area contributed by atoms with Gasteiger partial charge >= 0.3 is 0 Å². The molecule has 6 heteroatoms. The fourth-order valence-corrected chi connectivity index (χ4v) is 2.85. The third kappa shape index (κ3) is 2.35. The van der Waals surface area contributed by atoms with E-state index in [0.29, 0.717) is 23.1 Å². The summed E-state index contributed by atoms with van der Waals surface area (Å²) in [6, 6.07) is 11.2. The molecular weight excluding hydrogens is 348 g/mol. The lowest BCUT2D eigenvalue weighted by Crippen LogP contribution is -2.12. The minimum absolute atomic E-state index is 0.137. The summed E-state index contributed by atoms with van der Waals surface area (Å²) in [5.41, 5.74) is 1.55. The standard InChI is InChI=1S/C16H11BrN2O3/c17-10-2-3-12-11(7-10)16(20)19-15(18-12)6-9-1-4-13-14(5-9)22-8-21-13/h1-5,7H,6,8H2,(H,18,19,20). The number of hydrogen-bond donors (Lipinski definition) is 1. The fourth-order valence-electron chi connectivity index (χ4n) is 2.49. The van der Waals surface area contributed by atoms with Crippen LogP contribution in [0, 0.1) is 0 Å². The molecule has 0 saturated heterocycles. The maximum atomic E-state index is 12.2. The van der Waals surface area contributed by atoms with Crippen molar-refractivity contribution >= 4 is 26.8 Å². The first kappa shape index (κ1) is 13.3. The van der Waals surface area contributed by atoms with Gasteiger partial charge in [-0.15, -0.1) is 0 Å². The molecule has 0 radical (unpaired) electrons. The molecule has 2 aromatic carbocycles. The minimum atomic E-state index is -0.137. The predicted molar refractivity (Wildman–Crippen MR) is 85.4 cm³/mol. The average Bonchev–Trinajstić information content (AvgIpc) is 2.96. The van der Waals surface area contributed by atoms with Crippen molar-refractivity contribution < 1.29 is 9.47 Å². The van der Waals surface area contributed by atoms with Gasteiger partial charge in [-0.1, -0.05) is 22.0 Å². The number of aromatic amines is 1. The SMILES string of the molecule is O=c1[nH]c(Cc2ccc3c(c2)OCO3)nc2ccc(Br)cc12. The Morgan fingerprint density at radius 1 is 1.14 bits per heavy atom. The fraction of sp³-hybridized carbons (Fsp3) is 0.125. The lowest BCUT2D eigenvalue weighted by Gasteiger charge is -2.05. The second-order valence-corrected chi connectivity index (χ2v) is 5.95. The average molecular weight is 359 g/mol. The van der Waals surface area contributed by atoms with Crippen LogP contribution in [0.3, 0.4) is 0 Å². The largest absolute Gasteiger partial charge is 0.454 e. The highest BCUT2D eigenvalue weighted by molar-refractivity contribution is 9.10. The van der Waals surface area contributed by atoms with Gasteiger partial charge in [0.05, 0.1) is 10.9 Å². The molecule has 3 aromatic rings. The molecule has 0 saturated carbocycles. The summed E-state index contributed by atoms with van der Waals surface area (Å²) in [5.74, 6) is 2.09. The molecule has 1 aromatic heterocycles. The molecule has 0 bridgehead atoms. The van der Waals surface area contributed by atoms with E-state index < -0.39 is 0 Å². The topological polar surface area (TPSA) is 64.2 Å². The summed E-state index contributed by atoms with van der Waals surface area (Å²) >= 11 is 3.36. The third-order valence-corrected chi connectivity index (χ3v) is 4.02. The Kier molecular flexibility index (Phi) is 3.11. The van der Waals surface area contributed by atoms with Crippen molar-refractivity contribution in [3.05, 3.63) is 62.6 Å². The zero-order chi connectivity index (χ0) is 15.1. The number of fused-ring (bicyclic) bond motifs is 2. The number of ether oxygens (including phenoxy) is 2. The second kappa shape index (κ2) is 5.14. The Morgan fingerprint density at radius 2 is 2.00 bits per heavy atom. The van der Waals surface area contributed by atoms with Crippen LogP contribution in [-0.2, 0) is 6.42 Å². The summed E-state index contributed by atoms with van der Waals surface area (Å²) in [6.45, 7) is 0.249. The molecule has 4 rings (SSSR count). The van der Waals surface area contributed by atoms with Crippen LogP contribution in [0.25, 0.3) is 10.9 Å². The molecule has 0 unspecified atom stereocenters. The number of benzene rings is 2. The van der Waals surface area contributed by atoms with E-state index in [4.69, 9.17) is 9.47 Å². The molecule has 1 aliphatic heterocycles. The highest BCUT2D eigenvalue weighted by Gasteiger charge is 2.14. The Bertz CT molecular complexity index is 936. The van der Waals surface area contributed by atoms with Crippen LogP contribution < -0.4 is 15.0 Å². The summed E-state index contributed by atoms with van der Waals surface area (Å²) in [5, 5.41) is 0.573. The Morgan fingerprint density at radius 3 is 2.91 bits per heavy atom. The Hall–Kier alpha value is -2.34. The molecule has 1 N–H and O–H groups in total. The number of hydrogen-bond acceptors (Lipinski definition) is 4. The summed E-state index contributed by atoms with van der Waals surface area (Å²) in [4.78, 5) is 19.5. The van der Waals surface area contributed by atoms with Gasteiger partial charge in [0.15, 0.2) is 11.5 Å². The first-order chi connectivity index (χ1) is 10.7. The Balaban J connectivity index is 1.72. The van der Waals surface area contributed by atoms with Gasteiger partial charge in [-0.05, 0) is 35.9 Å². The van der Waals surface area contributed by atoms with Crippen molar-refractivity contribution in [2.24, 2.45) is 0 Å². The molecule has 2 heterocycles. The molecule has 110 valence electrons. The van der Waals surface area contributed by atoms with Crippen molar-refractivity contribution in [2.45, 2.75) is 6.42 Å². The monoisotopic (exact) mass is 358 g/mol. The van der Waals surface area contributed by atoms with Crippen molar-refractivity contribution in [3.63, 3.8) is 0 Å². The van der Waals surface area contributed by atoms with Crippen molar-refractivity contribution in [3.8, 4) is 11.5 Å². The number of nitrogens with one attached hydrogen (secondary N) is 1. The van der Waals surface area contributed by atoms with E-state index in [1.54, 1.807) is 6.07 Å². The number of rotatable bonds is 2. The van der Waals surface area contributed by atoms with E-state index in [0.717, 1.165) is 21.5 Å². The van der Waals surface area contributed by atoms with Gasteiger partial charge in [0, 0.05) is 10.9 Å². The van der Waals surface area contributed by atoms with Gasteiger partial charge in [0.25, 0.3) is 5.56 Å². The maximum absolute atomic E-state index is 12.2. The van der Waals surface area contributed by atoms with Gasteiger partial charge in [0.1, 0.15) is 5.82 Å². The van der Waals surface area contributed by atoms with Gasteiger partial charge in [-0.25, -0.2) is 4.98 Å². The van der Waals surface area contributed by atoms with E-state index in [9.17, 15) is 4.79 Å². The molecule has 1 aliphatic rings. The van der Waals surface area contributed by atoms with Gasteiger partial charge < -0.3 is 14.5 Å². The molecule has 0 fully saturated rings. The molecular formula is C16H11BrN2O3. The Labute approximate surface area is 134 Å². The number of aromatic nitrogens is 2. The van der Waals surface area contributed by atoms with Crippen LogP contribution in [-0.4, -0.2) is 16.8 Å². The third-order valence-electron chi connectivity index (χ3n) is 3.53. The first-order valence-corrected chi connectivity index (χ1v) is 7.55. The van der Waals surface area contributed by atoms with Crippen LogP contribution >= 0.6 is 15.9 Å². The van der Waals surface area contributed by atoms with E-state index in [1.165, 1.54) is 0 Å². The van der Waals surface area contributed by atoms with E-state index in [1.807, 2.05) is 30.3 Å². The lowest BCUT2D eigenvalue weighted by atomic mass is 10.1. The highest BCUT2D eigenvalue weighted by Crippen LogP contribution is 2.32. The molecule has 5 nitrogen and oxygen atoms in total. The van der Waals surface area contributed by atoms with Gasteiger partial charge in [-0.3, -0.25) is 4.79 Å². The van der Waals surface area contributed by atoms with Crippen LogP contribution in [0.15, 0.2) is 45.7 Å². The number of nitrogens with zero attached hydrogens (tertiary/aromatic N) is 1. The van der Waals surface area contributed by atoms with E-state index in [2.05, 4.69) is 25.9 Å². The van der Waals surface area contributed by atoms with Crippen molar-refractivity contribution in [1.82, 2.24) is 9.97 Å². The zero-order valence-corrected chi connectivity index (χ0v) is 13.0. The highest BCUT2D eigenvalue weighted by atomic mass is 79.9. The summed E-state index contributed by atoms with van der Waals surface area (Å²) < 4.78 is 11.5. The van der Waals surface area contributed by atoms with Crippen molar-refractivity contribution in [1.29, 1.82) is 0 Å². The predicted octanol–water partition coefficient (Wildman–Crippen LogP) is 3.01. The minimum Gasteiger partial charge on any atom is -0.454 e. The number of H-pyrrole nitrogens is 1. The zero-order valence-electron chi connectivity index (χ0n) is 11.4. The van der Waals surface area contributed by atoms with E-state index >= 15 is 0 Å².